The highest BCUT2D eigenvalue weighted by atomic mass is 16.5. The molecule has 0 saturated heterocycles. The second kappa shape index (κ2) is 18.2. The Bertz CT molecular complexity index is 718. The van der Waals surface area contributed by atoms with E-state index in [4.69, 9.17) is 9.47 Å². The van der Waals surface area contributed by atoms with E-state index in [0.29, 0.717) is 24.3 Å². The molecule has 0 N–H and O–H groups in total. The maximum absolute atomic E-state index is 12.4. The van der Waals surface area contributed by atoms with Gasteiger partial charge in [0.1, 0.15) is 0 Å². The number of unbranched alkanes of at least 4 members (excludes halogenated alkanes) is 10. The zero-order valence-electron chi connectivity index (χ0n) is 22.3. The van der Waals surface area contributed by atoms with Crippen LogP contribution in [0.25, 0.3) is 0 Å². The molecule has 1 saturated carbocycles. The molecule has 0 aliphatic heterocycles. The molecular formula is C31H48O4. The number of esters is 2. The minimum atomic E-state index is -0.444. The third-order valence-corrected chi connectivity index (χ3v) is 6.99. The summed E-state index contributed by atoms with van der Waals surface area (Å²) in [6, 6.07) is 6.74. The number of rotatable bonds is 16. The van der Waals surface area contributed by atoms with E-state index in [0.717, 1.165) is 31.6 Å². The number of hydrogen-bond acceptors (Lipinski definition) is 4. The van der Waals surface area contributed by atoms with Crippen LogP contribution in [0.15, 0.2) is 35.9 Å². The van der Waals surface area contributed by atoms with Crippen molar-refractivity contribution in [2.75, 3.05) is 13.2 Å². The van der Waals surface area contributed by atoms with Crippen molar-refractivity contribution in [1.82, 2.24) is 0 Å². The molecule has 1 aromatic rings. The summed E-state index contributed by atoms with van der Waals surface area (Å²) in [4.78, 5) is 24.7. The summed E-state index contributed by atoms with van der Waals surface area (Å²) in [7, 11) is 0. The van der Waals surface area contributed by atoms with E-state index in [1.807, 2.05) is 0 Å². The summed E-state index contributed by atoms with van der Waals surface area (Å²) in [5.41, 5.74) is 2.33. The van der Waals surface area contributed by atoms with Gasteiger partial charge >= 0.3 is 11.9 Å². The number of ether oxygens (including phenoxy) is 2. The minimum Gasteiger partial charge on any atom is -0.462 e. The molecule has 4 heteroatoms. The normalized spacial score (nSPS) is 15.8. The molecule has 0 spiro atoms. The van der Waals surface area contributed by atoms with Gasteiger partial charge in [-0.2, -0.15) is 0 Å². The SMILES string of the molecule is C1=C2CCC(C1)C2.CCCCCCCCOC(=O)c1ccccc1C(=O)OCCCCCCCC. The van der Waals surface area contributed by atoms with Crippen molar-refractivity contribution >= 4 is 11.9 Å². The van der Waals surface area contributed by atoms with Crippen LogP contribution in [0.4, 0.5) is 0 Å². The van der Waals surface area contributed by atoms with E-state index in [2.05, 4.69) is 19.9 Å². The average molecular weight is 485 g/mol. The fourth-order valence-corrected chi connectivity index (χ4v) is 4.77. The van der Waals surface area contributed by atoms with Crippen LogP contribution in [0.2, 0.25) is 0 Å². The van der Waals surface area contributed by atoms with E-state index in [-0.39, 0.29) is 0 Å². The van der Waals surface area contributed by atoms with Gasteiger partial charge in [-0.3, -0.25) is 0 Å². The number of benzene rings is 1. The molecule has 4 nitrogen and oxygen atoms in total. The third kappa shape index (κ3) is 11.9. The lowest BCUT2D eigenvalue weighted by atomic mass is 10.1. The highest BCUT2D eigenvalue weighted by molar-refractivity contribution is 6.03. The van der Waals surface area contributed by atoms with Crippen LogP contribution in [0.3, 0.4) is 0 Å². The summed E-state index contributed by atoms with van der Waals surface area (Å²) >= 11 is 0. The zero-order chi connectivity index (χ0) is 25.1. The number of fused-ring (bicyclic) bond motifs is 2. The molecule has 1 unspecified atom stereocenters. The van der Waals surface area contributed by atoms with Crippen LogP contribution >= 0.6 is 0 Å². The topological polar surface area (TPSA) is 52.6 Å². The maximum atomic E-state index is 12.4. The van der Waals surface area contributed by atoms with Crippen LogP contribution < -0.4 is 0 Å². The lowest BCUT2D eigenvalue weighted by molar-refractivity contribution is 0.0450. The van der Waals surface area contributed by atoms with E-state index < -0.39 is 11.9 Å². The first-order valence-corrected chi connectivity index (χ1v) is 14.3. The lowest BCUT2D eigenvalue weighted by Gasteiger charge is -2.10. The Labute approximate surface area is 213 Å². The first-order valence-electron chi connectivity index (χ1n) is 14.3. The van der Waals surface area contributed by atoms with Crippen molar-refractivity contribution in [1.29, 1.82) is 0 Å². The third-order valence-electron chi connectivity index (χ3n) is 6.99. The molecule has 1 atom stereocenters. The molecule has 196 valence electrons. The van der Waals surface area contributed by atoms with Crippen LogP contribution in [0, 0.1) is 5.92 Å². The highest BCUT2D eigenvalue weighted by Gasteiger charge is 2.23. The standard InChI is InChI=1S/C24H38O4.C7H10/c1-3-5-7-9-11-15-19-27-23(25)21-17-13-14-18-22(21)24(26)28-20-16-12-10-8-6-4-2;1-2-7-4-3-6(1)5-7/h13-14,17-18H,3-12,15-16,19-20H2,1-2H3;1,7H,2-5H2. The van der Waals surface area contributed by atoms with Crippen LogP contribution in [-0.2, 0) is 9.47 Å². The number of carbonyl (C=O) groups excluding carboxylic acids is 2. The highest BCUT2D eigenvalue weighted by Crippen LogP contribution is 2.38. The van der Waals surface area contributed by atoms with Gasteiger partial charge in [-0.1, -0.05) is 102 Å². The Balaban J connectivity index is 0.000000514. The smallest absolute Gasteiger partial charge is 0.339 e. The number of allylic oxidation sites excluding steroid dienone is 2. The maximum Gasteiger partial charge on any atom is 0.339 e. The molecule has 35 heavy (non-hydrogen) atoms. The van der Waals surface area contributed by atoms with Gasteiger partial charge in [-0.15, -0.1) is 0 Å². The Morgan fingerprint density at radius 2 is 1.23 bits per heavy atom. The van der Waals surface area contributed by atoms with Crippen molar-refractivity contribution < 1.29 is 19.1 Å². The van der Waals surface area contributed by atoms with Gasteiger partial charge in [-0.25, -0.2) is 9.59 Å². The fourth-order valence-electron chi connectivity index (χ4n) is 4.77. The largest absolute Gasteiger partial charge is 0.462 e. The Hall–Kier alpha value is -2.10. The Kier molecular flexibility index (Phi) is 15.2. The molecule has 3 rings (SSSR count). The number of hydrogen-bond donors (Lipinski definition) is 0. The first-order chi connectivity index (χ1) is 17.2. The van der Waals surface area contributed by atoms with Gasteiger partial charge in [0, 0.05) is 0 Å². The van der Waals surface area contributed by atoms with E-state index in [1.165, 1.54) is 77.0 Å². The van der Waals surface area contributed by atoms with Crippen molar-refractivity contribution in [3.05, 3.63) is 47.0 Å². The molecule has 1 fully saturated rings. The van der Waals surface area contributed by atoms with E-state index in [1.54, 1.807) is 29.8 Å². The molecule has 1 aromatic carbocycles. The quantitative estimate of drug-likeness (QED) is 0.134. The lowest BCUT2D eigenvalue weighted by Crippen LogP contribution is -2.15. The number of carbonyl (C=O) groups is 2. The molecule has 0 heterocycles. The predicted molar refractivity (Wildman–Crippen MR) is 144 cm³/mol. The molecule has 2 bridgehead atoms. The van der Waals surface area contributed by atoms with Gasteiger partial charge in [0.05, 0.1) is 24.3 Å². The summed E-state index contributed by atoms with van der Waals surface area (Å²) in [5, 5.41) is 0. The fraction of sp³-hybridized carbons (Fsp3) is 0.677. The second-order valence-electron chi connectivity index (χ2n) is 10.1. The zero-order valence-corrected chi connectivity index (χ0v) is 22.3. The molecule has 0 aromatic heterocycles. The van der Waals surface area contributed by atoms with E-state index in [9.17, 15) is 9.59 Å². The van der Waals surface area contributed by atoms with Crippen molar-refractivity contribution in [2.24, 2.45) is 5.92 Å². The van der Waals surface area contributed by atoms with Crippen molar-refractivity contribution in [2.45, 2.75) is 117 Å². The Morgan fingerprint density at radius 3 is 1.57 bits per heavy atom. The molecule has 0 amide bonds. The predicted octanol–water partition coefficient (Wildman–Crippen LogP) is 8.84. The summed E-state index contributed by atoms with van der Waals surface area (Å²) in [6.07, 6.45) is 21.8. The molecule has 2 aliphatic rings. The van der Waals surface area contributed by atoms with Gasteiger partial charge in [-0.05, 0) is 56.6 Å². The van der Waals surface area contributed by atoms with Gasteiger partial charge in [0.15, 0.2) is 0 Å². The molecule has 2 aliphatic carbocycles. The van der Waals surface area contributed by atoms with Gasteiger partial charge in [0.2, 0.25) is 0 Å². The van der Waals surface area contributed by atoms with Crippen molar-refractivity contribution in [3.63, 3.8) is 0 Å². The van der Waals surface area contributed by atoms with Crippen LogP contribution in [0.5, 0.6) is 0 Å². The monoisotopic (exact) mass is 484 g/mol. The van der Waals surface area contributed by atoms with Crippen LogP contribution in [0.1, 0.15) is 137 Å². The summed E-state index contributed by atoms with van der Waals surface area (Å²) in [6.45, 7) is 5.17. The second-order valence-corrected chi connectivity index (χ2v) is 10.1. The molecular weight excluding hydrogens is 436 g/mol. The van der Waals surface area contributed by atoms with Gasteiger partial charge in [0.25, 0.3) is 0 Å². The summed E-state index contributed by atoms with van der Waals surface area (Å²) < 4.78 is 10.7. The minimum absolute atomic E-state index is 0.293. The summed E-state index contributed by atoms with van der Waals surface area (Å²) in [5.74, 6) is 0.191. The van der Waals surface area contributed by atoms with Crippen LogP contribution in [-0.4, -0.2) is 25.2 Å². The van der Waals surface area contributed by atoms with Crippen molar-refractivity contribution in [3.8, 4) is 0 Å². The first kappa shape index (κ1) is 29.1. The molecule has 0 radical (unpaired) electrons. The van der Waals surface area contributed by atoms with E-state index >= 15 is 0 Å². The van der Waals surface area contributed by atoms with Gasteiger partial charge < -0.3 is 9.47 Å². The average Bonchev–Trinajstić information content (AvgIpc) is 3.54. The Morgan fingerprint density at radius 1 is 0.743 bits per heavy atom.